The fourth-order valence-corrected chi connectivity index (χ4v) is 0.757. The molecule has 0 aromatic carbocycles. The van der Waals surface area contributed by atoms with Gasteiger partial charge in [-0.2, -0.15) is 0 Å². The molecule has 1 heteroatoms. The van der Waals surface area contributed by atoms with E-state index in [9.17, 15) is 0 Å². The van der Waals surface area contributed by atoms with Crippen molar-refractivity contribution in [3.63, 3.8) is 0 Å². The Balaban J connectivity index is 0. The Hall–Kier alpha value is 0.506. The van der Waals surface area contributed by atoms with Crippen LogP contribution in [0.5, 0.6) is 0 Å². The third-order valence-electron chi connectivity index (χ3n) is 1.75. The number of hydrogen-bond acceptors (Lipinski definition) is 0. The fourth-order valence-electron chi connectivity index (χ4n) is 0.757. The predicted octanol–water partition coefficient (Wildman–Crippen LogP) is 3.22. The van der Waals surface area contributed by atoms with Gasteiger partial charge in [0, 0.05) is 16.8 Å². The van der Waals surface area contributed by atoms with Crippen LogP contribution in [0.4, 0.5) is 0 Å². The molecule has 0 rings (SSSR count). The molecule has 1 radical (unpaired) electrons. The van der Waals surface area contributed by atoms with E-state index in [4.69, 9.17) is 0 Å². The number of hydrogen-bond donors (Lipinski definition) is 0. The van der Waals surface area contributed by atoms with Crippen molar-refractivity contribution in [3.05, 3.63) is 0 Å². The van der Waals surface area contributed by atoms with E-state index in [2.05, 4.69) is 20.8 Å². The monoisotopic (exact) mass is 173 g/mol. The molecule has 0 nitrogen and oxygen atoms in total. The van der Waals surface area contributed by atoms with Crippen molar-refractivity contribution in [1.82, 2.24) is 0 Å². The summed E-state index contributed by atoms with van der Waals surface area (Å²) in [6.45, 7) is 6.85. The Morgan fingerprint density at radius 3 is 2.11 bits per heavy atom. The van der Waals surface area contributed by atoms with Crippen LogP contribution in [0.3, 0.4) is 0 Å². The van der Waals surface area contributed by atoms with Crippen LogP contribution in [-0.4, -0.2) is 0 Å². The summed E-state index contributed by atoms with van der Waals surface area (Å²) in [6.07, 6.45) is 5.53. The van der Waals surface area contributed by atoms with Gasteiger partial charge in [0.2, 0.25) is 0 Å². The first-order valence-electron chi connectivity index (χ1n) is 3.81. The first-order valence-corrected chi connectivity index (χ1v) is 3.81. The van der Waals surface area contributed by atoms with E-state index in [0.29, 0.717) is 0 Å². The molecule has 0 aromatic rings. The van der Waals surface area contributed by atoms with Crippen LogP contribution in [0.1, 0.15) is 46.5 Å². The zero-order valence-corrected chi connectivity index (χ0v) is 7.78. The maximum Gasteiger partial charge on any atom is 0 e. The molecular weight excluding hydrogens is 155 g/mol. The average molecular weight is 173 g/mol. The van der Waals surface area contributed by atoms with Gasteiger partial charge in [-0.3, -0.25) is 0 Å². The Morgan fingerprint density at radius 1 is 1.22 bits per heavy atom. The largest absolute Gasteiger partial charge is 0.0654 e. The van der Waals surface area contributed by atoms with E-state index >= 15 is 0 Å². The maximum absolute atomic E-state index is 2.33. The zero-order chi connectivity index (χ0) is 6.41. The summed E-state index contributed by atoms with van der Waals surface area (Å²) in [5.74, 6) is 0.954. The molecule has 1 atom stereocenters. The molecule has 0 heterocycles. The van der Waals surface area contributed by atoms with Crippen LogP contribution < -0.4 is 0 Å². The molecular formula is C8H18Co. The third kappa shape index (κ3) is 8.51. The van der Waals surface area contributed by atoms with Gasteiger partial charge in [0.1, 0.15) is 0 Å². The van der Waals surface area contributed by atoms with Crippen molar-refractivity contribution >= 4 is 0 Å². The molecule has 0 aliphatic carbocycles. The molecule has 9 heavy (non-hydrogen) atoms. The molecule has 59 valence electrons. The fraction of sp³-hybridized carbons (Fsp3) is 1.00. The second-order valence-electron chi connectivity index (χ2n) is 2.66. The van der Waals surface area contributed by atoms with Crippen molar-refractivity contribution in [2.24, 2.45) is 5.92 Å². The summed E-state index contributed by atoms with van der Waals surface area (Å²) in [5.41, 5.74) is 0. The van der Waals surface area contributed by atoms with Gasteiger partial charge in [-0.15, -0.1) is 0 Å². The predicted molar refractivity (Wildman–Crippen MR) is 39.0 cm³/mol. The Kier molecular flexibility index (Phi) is 11.5. The summed E-state index contributed by atoms with van der Waals surface area (Å²) < 4.78 is 0. The van der Waals surface area contributed by atoms with Crippen LogP contribution in [0.2, 0.25) is 0 Å². The van der Waals surface area contributed by atoms with Gasteiger partial charge in [0.05, 0.1) is 0 Å². The van der Waals surface area contributed by atoms with E-state index in [-0.39, 0.29) is 16.8 Å². The minimum absolute atomic E-state index is 0. The molecule has 1 unspecified atom stereocenters. The maximum atomic E-state index is 2.33. The smallest absolute Gasteiger partial charge is 0 e. The number of unbranched alkanes of at least 4 members (excludes halogenated alkanes) is 1. The van der Waals surface area contributed by atoms with Crippen molar-refractivity contribution in [3.8, 4) is 0 Å². The first kappa shape index (κ1) is 12.2. The van der Waals surface area contributed by atoms with Gasteiger partial charge in [-0.05, 0) is 5.92 Å². The summed E-state index contributed by atoms with van der Waals surface area (Å²) in [5, 5.41) is 0. The van der Waals surface area contributed by atoms with Crippen LogP contribution in [-0.2, 0) is 16.8 Å². The summed E-state index contributed by atoms with van der Waals surface area (Å²) in [6, 6.07) is 0. The summed E-state index contributed by atoms with van der Waals surface area (Å²) in [4.78, 5) is 0. The van der Waals surface area contributed by atoms with Gasteiger partial charge in [-0.25, -0.2) is 0 Å². The second-order valence-corrected chi connectivity index (χ2v) is 2.66. The summed E-state index contributed by atoms with van der Waals surface area (Å²) >= 11 is 0. The standard InChI is InChI=1S/C8H18.Co/c1-4-6-7-8(3)5-2;/h8H,4-7H2,1-3H3;. The SMILES string of the molecule is CCCCC(C)CC.[Co]. The Labute approximate surface area is 69.6 Å². The van der Waals surface area contributed by atoms with E-state index in [1.807, 2.05) is 0 Å². The molecule has 0 saturated heterocycles. The van der Waals surface area contributed by atoms with Crippen molar-refractivity contribution in [2.45, 2.75) is 46.5 Å². The van der Waals surface area contributed by atoms with E-state index in [0.717, 1.165) is 5.92 Å². The topological polar surface area (TPSA) is 0 Å². The molecule has 0 aliphatic heterocycles. The van der Waals surface area contributed by atoms with Gasteiger partial charge < -0.3 is 0 Å². The van der Waals surface area contributed by atoms with E-state index in [1.165, 1.54) is 25.7 Å². The summed E-state index contributed by atoms with van der Waals surface area (Å²) in [7, 11) is 0. The van der Waals surface area contributed by atoms with Crippen LogP contribution >= 0.6 is 0 Å². The molecule has 0 bridgehead atoms. The Morgan fingerprint density at radius 2 is 1.78 bits per heavy atom. The number of rotatable bonds is 4. The van der Waals surface area contributed by atoms with Crippen molar-refractivity contribution in [2.75, 3.05) is 0 Å². The molecule has 0 fully saturated rings. The third-order valence-corrected chi connectivity index (χ3v) is 1.75. The van der Waals surface area contributed by atoms with Gasteiger partial charge in [0.15, 0.2) is 0 Å². The van der Waals surface area contributed by atoms with Gasteiger partial charge >= 0.3 is 0 Å². The first-order chi connectivity index (χ1) is 3.81. The zero-order valence-electron chi connectivity index (χ0n) is 6.74. The molecule has 0 N–H and O–H groups in total. The molecule has 0 aliphatic rings. The van der Waals surface area contributed by atoms with Gasteiger partial charge in [-0.1, -0.05) is 46.5 Å². The van der Waals surface area contributed by atoms with E-state index < -0.39 is 0 Å². The minimum Gasteiger partial charge on any atom is -0.0654 e. The molecule has 0 amide bonds. The van der Waals surface area contributed by atoms with Crippen molar-refractivity contribution < 1.29 is 16.8 Å². The van der Waals surface area contributed by atoms with Crippen LogP contribution in [0.15, 0.2) is 0 Å². The second kappa shape index (κ2) is 8.51. The molecule has 0 spiro atoms. The van der Waals surface area contributed by atoms with Crippen LogP contribution in [0, 0.1) is 5.92 Å². The molecule has 0 aromatic heterocycles. The minimum atomic E-state index is 0. The Bertz CT molecular complexity index is 43.8. The average Bonchev–Trinajstić information content (AvgIpc) is 1.83. The van der Waals surface area contributed by atoms with Crippen molar-refractivity contribution in [1.29, 1.82) is 0 Å². The normalized spacial score (nSPS) is 12.3. The quantitative estimate of drug-likeness (QED) is 0.612. The van der Waals surface area contributed by atoms with E-state index in [1.54, 1.807) is 0 Å². The molecule has 0 saturated carbocycles. The van der Waals surface area contributed by atoms with Gasteiger partial charge in [0.25, 0.3) is 0 Å². The van der Waals surface area contributed by atoms with Crippen LogP contribution in [0.25, 0.3) is 0 Å².